The van der Waals surface area contributed by atoms with Gasteiger partial charge in [-0.1, -0.05) is 12.8 Å². The van der Waals surface area contributed by atoms with Crippen LogP contribution in [0, 0.1) is 0 Å². The number of primary amides is 1. The first kappa shape index (κ1) is 17.5. The Morgan fingerprint density at radius 1 is 1.14 bits per heavy atom. The van der Waals surface area contributed by atoms with E-state index in [9.17, 15) is 14.4 Å². The van der Waals surface area contributed by atoms with Crippen LogP contribution in [0.3, 0.4) is 0 Å². The van der Waals surface area contributed by atoms with E-state index in [-0.39, 0.29) is 31.3 Å². The SMILES string of the molecule is CC(C)(C)OC(=O)CCC(=O)N(CC(N)=O)C1CCCC1. The topological polar surface area (TPSA) is 89.7 Å². The molecule has 0 radical (unpaired) electrons. The first-order valence-electron chi connectivity index (χ1n) is 7.48. The number of rotatable bonds is 6. The average Bonchev–Trinajstić information content (AvgIpc) is 2.84. The Labute approximate surface area is 126 Å². The van der Waals surface area contributed by atoms with Crippen LogP contribution in [0.25, 0.3) is 0 Å². The summed E-state index contributed by atoms with van der Waals surface area (Å²) in [5, 5.41) is 0. The molecular weight excluding hydrogens is 272 g/mol. The smallest absolute Gasteiger partial charge is 0.306 e. The lowest BCUT2D eigenvalue weighted by molar-refractivity contribution is -0.156. The molecule has 0 unspecified atom stereocenters. The predicted molar refractivity (Wildman–Crippen MR) is 78.2 cm³/mol. The van der Waals surface area contributed by atoms with Gasteiger partial charge in [0.15, 0.2) is 0 Å². The van der Waals surface area contributed by atoms with Crippen molar-refractivity contribution >= 4 is 17.8 Å². The van der Waals surface area contributed by atoms with Crippen molar-refractivity contribution in [2.24, 2.45) is 5.73 Å². The molecule has 0 heterocycles. The monoisotopic (exact) mass is 298 g/mol. The number of ether oxygens (including phenoxy) is 1. The van der Waals surface area contributed by atoms with Gasteiger partial charge >= 0.3 is 5.97 Å². The molecule has 0 spiro atoms. The summed E-state index contributed by atoms with van der Waals surface area (Å²) in [7, 11) is 0. The summed E-state index contributed by atoms with van der Waals surface area (Å²) in [6.07, 6.45) is 3.98. The van der Waals surface area contributed by atoms with Gasteiger partial charge in [-0.15, -0.1) is 0 Å². The molecule has 0 aromatic rings. The molecule has 0 saturated heterocycles. The van der Waals surface area contributed by atoms with Crippen LogP contribution >= 0.6 is 0 Å². The van der Waals surface area contributed by atoms with E-state index in [2.05, 4.69) is 0 Å². The zero-order valence-corrected chi connectivity index (χ0v) is 13.2. The lowest BCUT2D eigenvalue weighted by Gasteiger charge is -2.28. The molecule has 1 saturated carbocycles. The van der Waals surface area contributed by atoms with E-state index in [0.29, 0.717) is 0 Å². The maximum Gasteiger partial charge on any atom is 0.306 e. The van der Waals surface area contributed by atoms with E-state index in [1.54, 1.807) is 20.8 Å². The molecule has 2 amide bonds. The molecule has 1 aliphatic rings. The lowest BCUT2D eigenvalue weighted by atomic mass is 10.1. The Kier molecular flexibility index (Phi) is 6.18. The fourth-order valence-corrected chi connectivity index (χ4v) is 2.55. The zero-order valence-electron chi connectivity index (χ0n) is 13.2. The maximum absolute atomic E-state index is 12.2. The van der Waals surface area contributed by atoms with Crippen molar-refractivity contribution in [3.8, 4) is 0 Å². The molecular formula is C15H26N2O4. The third-order valence-electron chi connectivity index (χ3n) is 3.38. The van der Waals surface area contributed by atoms with E-state index >= 15 is 0 Å². The van der Waals surface area contributed by atoms with E-state index < -0.39 is 17.5 Å². The van der Waals surface area contributed by atoms with Gasteiger partial charge in [-0.2, -0.15) is 0 Å². The van der Waals surface area contributed by atoms with Gasteiger partial charge in [0.25, 0.3) is 0 Å². The van der Waals surface area contributed by atoms with Crippen molar-refractivity contribution in [1.82, 2.24) is 4.90 Å². The van der Waals surface area contributed by atoms with Crippen molar-refractivity contribution in [1.29, 1.82) is 0 Å². The first-order valence-corrected chi connectivity index (χ1v) is 7.48. The molecule has 1 aliphatic carbocycles. The molecule has 0 aromatic carbocycles. The van der Waals surface area contributed by atoms with Crippen LogP contribution in [0.15, 0.2) is 0 Å². The Hall–Kier alpha value is -1.59. The second kappa shape index (κ2) is 7.43. The van der Waals surface area contributed by atoms with Crippen LogP contribution in [-0.2, 0) is 19.1 Å². The standard InChI is InChI=1S/C15H26N2O4/c1-15(2,3)21-14(20)9-8-13(19)17(10-12(16)18)11-6-4-5-7-11/h11H,4-10H2,1-3H3,(H2,16,18). The summed E-state index contributed by atoms with van der Waals surface area (Å²) < 4.78 is 5.17. The number of nitrogens with two attached hydrogens (primary N) is 1. The van der Waals surface area contributed by atoms with Crippen molar-refractivity contribution in [3.05, 3.63) is 0 Å². The van der Waals surface area contributed by atoms with Gasteiger partial charge in [0.05, 0.1) is 13.0 Å². The quantitative estimate of drug-likeness (QED) is 0.750. The van der Waals surface area contributed by atoms with Crippen LogP contribution < -0.4 is 5.73 Å². The summed E-state index contributed by atoms with van der Waals surface area (Å²) in [5.74, 6) is -1.12. The van der Waals surface area contributed by atoms with E-state index in [4.69, 9.17) is 10.5 Å². The minimum absolute atomic E-state index is 0.0259. The molecule has 120 valence electrons. The summed E-state index contributed by atoms with van der Waals surface area (Å²) >= 11 is 0. The number of carbonyl (C=O) groups is 3. The molecule has 6 heteroatoms. The van der Waals surface area contributed by atoms with Crippen LogP contribution in [0.2, 0.25) is 0 Å². The highest BCUT2D eigenvalue weighted by atomic mass is 16.6. The van der Waals surface area contributed by atoms with E-state index in [1.165, 1.54) is 4.90 Å². The van der Waals surface area contributed by atoms with Gasteiger partial charge in [-0.05, 0) is 33.6 Å². The number of hydrogen-bond acceptors (Lipinski definition) is 4. The Morgan fingerprint density at radius 2 is 1.71 bits per heavy atom. The van der Waals surface area contributed by atoms with Crippen LogP contribution in [0.5, 0.6) is 0 Å². The van der Waals surface area contributed by atoms with Gasteiger partial charge in [0.1, 0.15) is 5.60 Å². The van der Waals surface area contributed by atoms with Crippen molar-refractivity contribution < 1.29 is 19.1 Å². The second-order valence-corrected chi connectivity index (χ2v) is 6.51. The molecule has 0 bridgehead atoms. The largest absolute Gasteiger partial charge is 0.460 e. The molecule has 2 N–H and O–H groups in total. The van der Waals surface area contributed by atoms with E-state index in [1.807, 2.05) is 0 Å². The average molecular weight is 298 g/mol. The molecule has 21 heavy (non-hydrogen) atoms. The van der Waals surface area contributed by atoms with Gasteiger partial charge in [-0.25, -0.2) is 0 Å². The number of carbonyl (C=O) groups excluding carboxylic acids is 3. The van der Waals surface area contributed by atoms with Crippen molar-refractivity contribution in [2.45, 2.75) is 70.9 Å². The fraction of sp³-hybridized carbons (Fsp3) is 0.800. The predicted octanol–water partition coefficient (Wildman–Crippen LogP) is 1.36. The number of nitrogens with zero attached hydrogens (tertiary/aromatic N) is 1. The third-order valence-corrected chi connectivity index (χ3v) is 3.38. The molecule has 0 atom stereocenters. The highest BCUT2D eigenvalue weighted by molar-refractivity contribution is 5.86. The molecule has 0 aromatic heterocycles. The number of hydrogen-bond donors (Lipinski definition) is 1. The van der Waals surface area contributed by atoms with Crippen LogP contribution in [0.4, 0.5) is 0 Å². The fourth-order valence-electron chi connectivity index (χ4n) is 2.55. The van der Waals surface area contributed by atoms with Crippen LogP contribution in [-0.4, -0.2) is 40.9 Å². The molecule has 6 nitrogen and oxygen atoms in total. The maximum atomic E-state index is 12.2. The Bertz CT molecular complexity index is 395. The third kappa shape index (κ3) is 6.60. The first-order chi connectivity index (χ1) is 9.69. The van der Waals surface area contributed by atoms with E-state index in [0.717, 1.165) is 25.7 Å². The highest BCUT2D eigenvalue weighted by Gasteiger charge is 2.28. The minimum Gasteiger partial charge on any atom is -0.460 e. The summed E-state index contributed by atoms with van der Waals surface area (Å²) in [5.41, 5.74) is 4.66. The lowest BCUT2D eigenvalue weighted by Crippen LogP contribution is -2.44. The van der Waals surface area contributed by atoms with Gasteiger partial charge in [0, 0.05) is 12.5 Å². The Balaban J connectivity index is 2.52. The summed E-state index contributed by atoms with van der Waals surface area (Å²) in [4.78, 5) is 36.6. The summed E-state index contributed by atoms with van der Waals surface area (Å²) in [6, 6.07) is 0.0728. The second-order valence-electron chi connectivity index (χ2n) is 6.51. The van der Waals surface area contributed by atoms with Crippen molar-refractivity contribution in [2.75, 3.05) is 6.54 Å². The highest BCUT2D eigenvalue weighted by Crippen LogP contribution is 2.24. The van der Waals surface area contributed by atoms with Crippen LogP contribution in [0.1, 0.15) is 59.3 Å². The number of esters is 1. The summed E-state index contributed by atoms with van der Waals surface area (Å²) in [6.45, 7) is 5.28. The minimum atomic E-state index is -0.557. The molecule has 1 fully saturated rings. The zero-order chi connectivity index (χ0) is 16.0. The number of amides is 2. The van der Waals surface area contributed by atoms with Crippen molar-refractivity contribution in [3.63, 3.8) is 0 Å². The Morgan fingerprint density at radius 3 is 2.19 bits per heavy atom. The molecule has 1 rings (SSSR count). The molecule has 0 aliphatic heterocycles. The van der Waals surface area contributed by atoms with Gasteiger partial charge < -0.3 is 15.4 Å². The van der Waals surface area contributed by atoms with Gasteiger partial charge in [-0.3, -0.25) is 14.4 Å². The van der Waals surface area contributed by atoms with Gasteiger partial charge in [0.2, 0.25) is 11.8 Å². The normalized spacial score (nSPS) is 15.8.